The predicted molar refractivity (Wildman–Crippen MR) is 90.9 cm³/mol. The Labute approximate surface area is 146 Å². The van der Waals surface area contributed by atoms with E-state index in [1.165, 1.54) is 19.3 Å². The molecule has 1 aliphatic heterocycles. The highest BCUT2D eigenvalue weighted by Crippen LogP contribution is 2.49. The van der Waals surface area contributed by atoms with Gasteiger partial charge in [-0.2, -0.15) is 5.01 Å². The lowest BCUT2D eigenvalue weighted by Crippen LogP contribution is -2.48. The fourth-order valence-corrected chi connectivity index (χ4v) is 4.74. The third-order valence-electron chi connectivity index (χ3n) is 6.11. The van der Waals surface area contributed by atoms with Gasteiger partial charge in [-0.05, 0) is 49.5 Å². The average Bonchev–Trinajstić information content (AvgIpc) is 3.27. The number of hydrogen-bond donors (Lipinski definition) is 2. The fourth-order valence-electron chi connectivity index (χ4n) is 4.74. The summed E-state index contributed by atoms with van der Waals surface area (Å²) in [6, 6.07) is 8.48. The number of amides is 4. The maximum atomic E-state index is 12.8. The molecule has 2 N–H and O–H groups in total. The molecule has 25 heavy (non-hydrogen) atoms. The molecule has 0 radical (unpaired) electrons. The third kappa shape index (κ3) is 2.69. The zero-order valence-electron chi connectivity index (χ0n) is 14.3. The summed E-state index contributed by atoms with van der Waals surface area (Å²) >= 11 is 0. The largest absolute Gasteiger partial charge is 0.344 e. The van der Waals surface area contributed by atoms with Crippen LogP contribution in [0, 0.1) is 17.8 Å². The molecule has 0 spiro atoms. The summed E-state index contributed by atoms with van der Waals surface area (Å²) in [6.07, 6.45) is 5.20. The molecule has 3 fully saturated rings. The van der Waals surface area contributed by atoms with Crippen molar-refractivity contribution in [1.29, 1.82) is 0 Å². The Hall–Kier alpha value is -2.37. The zero-order chi connectivity index (χ0) is 17.6. The first-order valence-corrected chi connectivity index (χ1v) is 8.99. The van der Waals surface area contributed by atoms with Crippen molar-refractivity contribution in [1.82, 2.24) is 15.8 Å². The average molecular weight is 341 g/mol. The third-order valence-corrected chi connectivity index (χ3v) is 6.11. The standard InChI is InChI=1S/C19H23N3O3/c1-19(15-5-3-2-4-6-15)17(24)22(18(25)20-19)21-16(23)11-14-10-12-7-8-13(14)9-12/h2-6,12-14H,7-11H2,1H3,(H,20,25)(H,21,23)/t12-,13-,14+,19-/m1/s1. The van der Waals surface area contributed by atoms with Crippen molar-refractivity contribution in [3.05, 3.63) is 35.9 Å². The van der Waals surface area contributed by atoms with E-state index in [1.54, 1.807) is 19.1 Å². The molecule has 2 saturated carbocycles. The van der Waals surface area contributed by atoms with E-state index in [-0.39, 0.29) is 5.91 Å². The number of nitrogens with zero attached hydrogens (tertiary/aromatic N) is 1. The molecule has 0 aromatic heterocycles. The van der Waals surface area contributed by atoms with Crippen molar-refractivity contribution in [2.24, 2.45) is 17.8 Å². The first-order valence-electron chi connectivity index (χ1n) is 8.99. The van der Waals surface area contributed by atoms with Crippen molar-refractivity contribution in [2.75, 3.05) is 0 Å². The number of hydrazine groups is 1. The number of carbonyl (C=O) groups is 3. The molecular weight excluding hydrogens is 318 g/mol. The van der Waals surface area contributed by atoms with Gasteiger partial charge in [0.2, 0.25) is 5.91 Å². The molecular formula is C19H23N3O3. The van der Waals surface area contributed by atoms with Gasteiger partial charge in [-0.25, -0.2) is 4.79 Å². The number of fused-ring (bicyclic) bond motifs is 2. The van der Waals surface area contributed by atoms with Gasteiger partial charge in [0.25, 0.3) is 5.91 Å². The number of nitrogens with one attached hydrogen (secondary N) is 2. The van der Waals surface area contributed by atoms with Gasteiger partial charge in [-0.3, -0.25) is 15.0 Å². The van der Waals surface area contributed by atoms with E-state index in [9.17, 15) is 14.4 Å². The minimum absolute atomic E-state index is 0.252. The molecule has 4 atom stereocenters. The van der Waals surface area contributed by atoms with Crippen LogP contribution >= 0.6 is 0 Å². The summed E-state index contributed by atoms with van der Waals surface area (Å²) in [5.74, 6) is 1.08. The Morgan fingerprint density at radius 1 is 1.24 bits per heavy atom. The van der Waals surface area contributed by atoms with Gasteiger partial charge < -0.3 is 5.32 Å². The minimum Gasteiger partial charge on any atom is -0.318 e. The molecule has 4 rings (SSSR count). The second-order valence-electron chi connectivity index (χ2n) is 7.74. The van der Waals surface area contributed by atoms with E-state index in [0.29, 0.717) is 23.8 Å². The molecule has 2 aliphatic carbocycles. The number of urea groups is 1. The number of carbonyl (C=O) groups excluding carboxylic acids is 3. The molecule has 1 heterocycles. The highest BCUT2D eigenvalue weighted by Gasteiger charge is 2.50. The summed E-state index contributed by atoms with van der Waals surface area (Å²) in [5.41, 5.74) is 2.06. The topological polar surface area (TPSA) is 78.5 Å². The Morgan fingerprint density at radius 3 is 2.64 bits per heavy atom. The van der Waals surface area contributed by atoms with Crippen LogP contribution < -0.4 is 10.7 Å². The van der Waals surface area contributed by atoms with Crippen molar-refractivity contribution >= 4 is 17.8 Å². The zero-order valence-corrected chi connectivity index (χ0v) is 14.3. The first kappa shape index (κ1) is 16.1. The second kappa shape index (κ2) is 5.86. The van der Waals surface area contributed by atoms with Gasteiger partial charge in [0.15, 0.2) is 0 Å². The molecule has 1 aromatic carbocycles. The predicted octanol–water partition coefficient (Wildman–Crippen LogP) is 2.31. The number of hydrogen-bond acceptors (Lipinski definition) is 3. The van der Waals surface area contributed by atoms with Gasteiger partial charge in [-0.1, -0.05) is 36.8 Å². The lowest BCUT2D eigenvalue weighted by molar-refractivity contribution is -0.139. The smallest absolute Gasteiger partial charge is 0.318 e. The lowest BCUT2D eigenvalue weighted by atomic mass is 9.86. The number of benzene rings is 1. The SMILES string of the molecule is C[C@]1(c2ccccc2)NC(=O)N(NC(=O)C[C@@H]2C[C@@H]3CC[C@@H]2C3)C1=O. The molecule has 132 valence electrons. The van der Waals surface area contributed by atoms with Crippen molar-refractivity contribution in [3.8, 4) is 0 Å². The molecule has 4 amide bonds. The van der Waals surface area contributed by atoms with E-state index in [2.05, 4.69) is 10.7 Å². The Balaban J connectivity index is 1.43. The molecule has 3 aliphatic rings. The monoisotopic (exact) mass is 341 g/mol. The Kier molecular flexibility index (Phi) is 3.78. The van der Waals surface area contributed by atoms with Crippen LogP contribution in [0.15, 0.2) is 30.3 Å². The number of rotatable bonds is 4. The summed E-state index contributed by atoms with van der Waals surface area (Å²) in [5, 5.41) is 3.53. The molecule has 0 unspecified atom stereocenters. The highest BCUT2D eigenvalue weighted by molar-refractivity contribution is 6.08. The van der Waals surface area contributed by atoms with Gasteiger partial charge in [0, 0.05) is 6.42 Å². The van der Waals surface area contributed by atoms with Crippen LogP contribution in [-0.2, 0) is 15.1 Å². The first-order chi connectivity index (χ1) is 12.0. The normalized spacial score (nSPS) is 33.6. The molecule has 6 nitrogen and oxygen atoms in total. The summed E-state index contributed by atoms with van der Waals surface area (Å²) < 4.78 is 0. The van der Waals surface area contributed by atoms with E-state index in [1.807, 2.05) is 18.2 Å². The van der Waals surface area contributed by atoms with E-state index >= 15 is 0 Å². The van der Waals surface area contributed by atoms with E-state index in [0.717, 1.165) is 17.3 Å². The number of imide groups is 1. The van der Waals surface area contributed by atoms with Crippen molar-refractivity contribution in [2.45, 2.75) is 44.6 Å². The van der Waals surface area contributed by atoms with Crippen LogP contribution in [0.5, 0.6) is 0 Å². The Bertz CT molecular complexity index is 720. The summed E-state index contributed by atoms with van der Waals surface area (Å²) in [6.45, 7) is 1.66. The van der Waals surface area contributed by atoms with E-state index in [4.69, 9.17) is 0 Å². The van der Waals surface area contributed by atoms with Gasteiger partial charge in [-0.15, -0.1) is 0 Å². The van der Waals surface area contributed by atoms with Gasteiger partial charge in [0.05, 0.1) is 0 Å². The van der Waals surface area contributed by atoms with E-state index < -0.39 is 17.5 Å². The maximum Gasteiger partial charge on any atom is 0.344 e. The minimum atomic E-state index is -1.15. The molecule has 2 bridgehead atoms. The van der Waals surface area contributed by atoms with Crippen LogP contribution in [-0.4, -0.2) is 22.9 Å². The van der Waals surface area contributed by atoms with Crippen LogP contribution in [0.1, 0.15) is 44.6 Å². The lowest BCUT2D eigenvalue weighted by Gasteiger charge is -2.23. The summed E-state index contributed by atoms with van der Waals surface area (Å²) in [4.78, 5) is 37.4. The van der Waals surface area contributed by atoms with Gasteiger partial charge >= 0.3 is 6.03 Å². The highest BCUT2D eigenvalue weighted by atomic mass is 16.2. The fraction of sp³-hybridized carbons (Fsp3) is 0.526. The van der Waals surface area contributed by atoms with Crippen LogP contribution in [0.25, 0.3) is 0 Å². The Morgan fingerprint density at radius 2 is 2.00 bits per heavy atom. The van der Waals surface area contributed by atoms with Gasteiger partial charge in [0.1, 0.15) is 5.54 Å². The van der Waals surface area contributed by atoms with Crippen molar-refractivity contribution < 1.29 is 14.4 Å². The van der Waals surface area contributed by atoms with Crippen LogP contribution in [0.3, 0.4) is 0 Å². The van der Waals surface area contributed by atoms with Crippen LogP contribution in [0.4, 0.5) is 4.79 Å². The summed E-state index contributed by atoms with van der Waals surface area (Å²) in [7, 11) is 0. The second-order valence-corrected chi connectivity index (χ2v) is 7.74. The van der Waals surface area contributed by atoms with Crippen LogP contribution in [0.2, 0.25) is 0 Å². The molecule has 6 heteroatoms. The maximum absolute atomic E-state index is 12.8. The van der Waals surface area contributed by atoms with Crippen molar-refractivity contribution in [3.63, 3.8) is 0 Å². The molecule has 1 saturated heterocycles. The molecule has 1 aromatic rings. The quantitative estimate of drug-likeness (QED) is 0.825.